The lowest BCUT2D eigenvalue weighted by Gasteiger charge is -2.40. The molecular formula is C35H47N3O7. The van der Waals surface area contributed by atoms with E-state index in [2.05, 4.69) is 18.5 Å². The Bertz CT molecular complexity index is 1250. The van der Waals surface area contributed by atoms with Gasteiger partial charge in [0, 0.05) is 32.2 Å². The molecule has 10 heteroatoms. The van der Waals surface area contributed by atoms with Crippen molar-refractivity contribution in [1.29, 1.82) is 0 Å². The van der Waals surface area contributed by atoms with E-state index in [4.69, 9.17) is 9.47 Å². The molecule has 3 amide bonds. The van der Waals surface area contributed by atoms with Gasteiger partial charge in [0.25, 0.3) is 0 Å². The number of nitrogens with one attached hydrogen (secondary N) is 1. The summed E-state index contributed by atoms with van der Waals surface area (Å²) in [5.41, 5.74) is -0.354. The average molecular weight is 622 g/mol. The quantitative estimate of drug-likeness (QED) is 0.227. The Hall–Kier alpha value is -3.50. The zero-order valence-corrected chi connectivity index (χ0v) is 26.1. The summed E-state index contributed by atoms with van der Waals surface area (Å²) in [4.78, 5) is 58.7. The van der Waals surface area contributed by atoms with E-state index in [-0.39, 0.29) is 55.9 Å². The molecule has 2 N–H and O–H groups in total. The summed E-state index contributed by atoms with van der Waals surface area (Å²) >= 11 is 0. The highest BCUT2D eigenvalue weighted by Gasteiger charge is 2.74. The van der Waals surface area contributed by atoms with Crippen LogP contribution >= 0.6 is 0 Å². The summed E-state index contributed by atoms with van der Waals surface area (Å²) in [5.74, 6) is -2.81. The van der Waals surface area contributed by atoms with Gasteiger partial charge >= 0.3 is 5.97 Å². The first-order valence-electron chi connectivity index (χ1n) is 16.5. The molecule has 45 heavy (non-hydrogen) atoms. The molecule has 5 rings (SSSR count). The lowest BCUT2D eigenvalue weighted by atomic mass is 9.70. The van der Waals surface area contributed by atoms with Gasteiger partial charge in [0.05, 0.1) is 24.0 Å². The molecule has 4 aliphatic rings. The molecule has 1 spiro atoms. The van der Waals surface area contributed by atoms with Crippen LogP contribution in [0.25, 0.3) is 0 Å². The number of fused-ring (bicyclic) bond motifs is 1. The Morgan fingerprint density at radius 2 is 1.89 bits per heavy atom. The van der Waals surface area contributed by atoms with Crippen LogP contribution in [-0.4, -0.2) is 88.7 Å². The molecule has 3 aliphatic heterocycles. The largest absolute Gasteiger partial charge is 0.463 e. The van der Waals surface area contributed by atoms with E-state index >= 15 is 0 Å². The van der Waals surface area contributed by atoms with Crippen LogP contribution in [0, 0.1) is 11.8 Å². The van der Waals surface area contributed by atoms with Crippen molar-refractivity contribution in [3.05, 3.63) is 61.2 Å². The number of nitrogens with zero attached hydrogens (tertiary/aromatic N) is 2. The Balaban J connectivity index is 1.41. The molecule has 0 radical (unpaired) electrons. The summed E-state index contributed by atoms with van der Waals surface area (Å²) in [6, 6.07) is 7.83. The molecule has 3 saturated heterocycles. The van der Waals surface area contributed by atoms with Crippen molar-refractivity contribution < 1.29 is 33.8 Å². The number of hydrogen-bond acceptors (Lipinski definition) is 7. The smallest absolute Gasteiger partial charge is 0.306 e. The highest BCUT2D eigenvalue weighted by molar-refractivity contribution is 5.99. The van der Waals surface area contributed by atoms with Crippen molar-refractivity contribution in [3.8, 4) is 0 Å². The Morgan fingerprint density at radius 3 is 2.58 bits per heavy atom. The lowest BCUT2D eigenvalue weighted by molar-refractivity contribution is -0.150. The standard InChI is InChI=1S/C35H47N3O7/c1-3-5-17-28(40)44-23-26(24-13-8-6-9-14-24)36-32(41)29-27-18-19-35(45-27)30(29)33(42)38(21-12-22-39)31(35)34(43)37(20-4-2)25-15-10-7-11-16-25/h3-4,6,8-9,13-14,25-27,29-31,39H,1-2,5,7,10-12,15-23H2,(H,36,41)/t26-,27+,29-,30-,31+,35-/m1/s1. The summed E-state index contributed by atoms with van der Waals surface area (Å²) in [6.45, 7) is 7.93. The predicted octanol–water partition coefficient (Wildman–Crippen LogP) is 3.46. The molecule has 10 nitrogen and oxygen atoms in total. The van der Waals surface area contributed by atoms with Crippen molar-refractivity contribution in [2.45, 2.75) is 94.0 Å². The fourth-order valence-electron chi connectivity index (χ4n) is 7.96. The fourth-order valence-corrected chi connectivity index (χ4v) is 7.96. The van der Waals surface area contributed by atoms with Crippen LogP contribution in [0.15, 0.2) is 55.6 Å². The third kappa shape index (κ3) is 6.58. The zero-order valence-electron chi connectivity index (χ0n) is 26.1. The number of esters is 1. The molecule has 0 unspecified atom stereocenters. The van der Waals surface area contributed by atoms with E-state index in [0.717, 1.165) is 37.7 Å². The van der Waals surface area contributed by atoms with E-state index in [0.29, 0.717) is 32.2 Å². The molecule has 6 atom stereocenters. The van der Waals surface area contributed by atoms with E-state index < -0.39 is 35.6 Å². The van der Waals surface area contributed by atoms with Crippen LogP contribution in [-0.2, 0) is 28.7 Å². The number of amides is 3. The Morgan fingerprint density at radius 1 is 1.13 bits per heavy atom. The monoisotopic (exact) mass is 621 g/mol. The van der Waals surface area contributed by atoms with E-state index in [1.165, 1.54) is 0 Å². The molecule has 1 aliphatic carbocycles. The second kappa shape index (κ2) is 14.7. The molecule has 3 heterocycles. The molecule has 2 bridgehead atoms. The maximum Gasteiger partial charge on any atom is 0.306 e. The maximum absolute atomic E-state index is 14.5. The van der Waals surface area contributed by atoms with Gasteiger partial charge < -0.3 is 29.7 Å². The summed E-state index contributed by atoms with van der Waals surface area (Å²) < 4.78 is 12.1. The topological polar surface area (TPSA) is 125 Å². The molecule has 244 valence electrons. The van der Waals surface area contributed by atoms with Crippen molar-refractivity contribution in [2.75, 3.05) is 26.3 Å². The number of aliphatic hydroxyl groups is 1. The zero-order chi connectivity index (χ0) is 32.0. The minimum absolute atomic E-state index is 0.0602. The SMILES string of the molecule is C=CCCC(=O)OC[C@@H](NC(=O)[C@@H]1[C@@H]2CC[C@]3(O2)[C@H](C(=O)N(CC=C)C2CCCCC2)N(CCCO)C(=O)[C@@H]13)c1ccccc1. The van der Waals surface area contributed by atoms with Crippen LogP contribution in [0.2, 0.25) is 0 Å². The van der Waals surface area contributed by atoms with Gasteiger partial charge in [0.2, 0.25) is 17.7 Å². The third-order valence-corrected chi connectivity index (χ3v) is 10.0. The van der Waals surface area contributed by atoms with Gasteiger partial charge in [-0.15, -0.1) is 13.2 Å². The molecule has 4 fully saturated rings. The van der Waals surface area contributed by atoms with Gasteiger partial charge in [-0.1, -0.05) is 61.7 Å². The Labute approximate surface area is 265 Å². The summed E-state index contributed by atoms with van der Waals surface area (Å²) in [5, 5.41) is 12.7. The lowest BCUT2D eigenvalue weighted by Crippen LogP contribution is -2.58. The Kier molecular flexibility index (Phi) is 10.8. The van der Waals surface area contributed by atoms with Crippen molar-refractivity contribution in [2.24, 2.45) is 11.8 Å². The first-order valence-corrected chi connectivity index (χ1v) is 16.5. The number of aliphatic hydroxyl groups excluding tert-OH is 1. The van der Waals surface area contributed by atoms with Gasteiger partial charge in [-0.3, -0.25) is 19.2 Å². The maximum atomic E-state index is 14.5. The first-order chi connectivity index (χ1) is 21.9. The van der Waals surface area contributed by atoms with Crippen molar-refractivity contribution in [1.82, 2.24) is 15.1 Å². The minimum atomic E-state index is -1.12. The fraction of sp³-hybridized carbons (Fsp3) is 0.600. The molecule has 0 aromatic heterocycles. The number of hydrogen-bond donors (Lipinski definition) is 2. The van der Waals surface area contributed by atoms with Crippen LogP contribution in [0.4, 0.5) is 0 Å². The normalized spacial score (nSPS) is 27.9. The van der Waals surface area contributed by atoms with Crippen molar-refractivity contribution in [3.63, 3.8) is 0 Å². The summed E-state index contributed by atoms with van der Waals surface area (Å²) in [7, 11) is 0. The third-order valence-electron chi connectivity index (χ3n) is 10.0. The number of ether oxygens (including phenoxy) is 2. The average Bonchev–Trinajstić information content (AvgIpc) is 3.71. The number of likely N-dealkylation sites (tertiary alicyclic amines) is 1. The van der Waals surface area contributed by atoms with Crippen LogP contribution in [0.5, 0.6) is 0 Å². The van der Waals surface area contributed by atoms with Crippen LogP contribution in [0.3, 0.4) is 0 Å². The summed E-state index contributed by atoms with van der Waals surface area (Å²) in [6.07, 6.45) is 9.96. The number of carbonyl (C=O) groups excluding carboxylic acids is 4. The number of benzene rings is 1. The molecule has 1 aromatic rings. The second-order valence-corrected chi connectivity index (χ2v) is 12.7. The highest BCUT2D eigenvalue weighted by Crippen LogP contribution is 2.58. The van der Waals surface area contributed by atoms with Crippen LogP contribution in [0.1, 0.15) is 75.8 Å². The van der Waals surface area contributed by atoms with Gasteiger partial charge in [-0.25, -0.2) is 0 Å². The molecular weight excluding hydrogens is 574 g/mol. The molecule has 1 saturated carbocycles. The first kappa shape index (κ1) is 32.9. The van der Waals surface area contributed by atoms with Gasteiger partial charge in [0.15, 0.2) is 0 Å². The second-order valence-electron chi connectivity index (χ2n) is 12.7. The van der Waals surface area contributed by atoms with Gasteiger partial charge in [0.1, 0.15) is 18.2 Å². The van der Waals surface area contributed by atoms with E-state index in [1.54, 1.807) is 17.1 Å². The van der Waals surface area contributed by atoms with E-state index in [9.17, 15) is 24.3 Å². The number of allylic oxidation sites excluding steroid dienone is 1. The number of rotatable bonds is 15. The predicted molar refractivity (Wildman–Crippen MR) is 168 cm³/mol. The van der Waals surface area contributed by atoms with E-state index in [1.807, 2.05) is 35.2 Å². The molecule has 1 aromatic carbocycles. The van der Waals surface area contributed by atoms with Crippen LogP contribution < -0.4 is 5.32 Å². The highest BCUT2D eigenvalue weighted by atomic mass is 16.5. The minimum Gasteiger partial charge on any atom is -0.463 e. The van der Waals surface area contributed by atoms with Gasteiger partial charge in [-0.2, -0.15) is 0 Å². The van der Waals surface area contributed by atoms with Crippen molar-refractivity contribution >= 4 is 23.7 Å². The number of carbonyl (C=O) groups is 4. The van der Waals surface area contributed by atoms with Gasteiger partial charge in [-0.05, 0) is 44.1 Å².